The molecule has 2 aromatic carbocycles. The quantitative estimate of drug-likeness (QED) is 0.393. The number of hydrogen-bond donors (Lipinski definition) is 1. The zero-order chi connectivity index (χ0) is 22.7. The van der Waals surface area contributed by atoms with Crippen LogP contribution in [0.4, 0.5) is 4.39 Å². The van der Waals surface area contributed by atoms with Gasteiger partial charge in [0.05, 0.1) is 21.1 Å². The van der Waals surface area contributed by atoms with E-state index in [1.54, 1.807) is 48.0 Å². The summed E-state index contributed by atoms with van der Waals surface area (Å²) >= 11 is 12.4. The molecule has 164 valence electrons. The van der Waals surface area contributed by atoms with Crippen molar-refractivity contribution >= 4 is 40.1 Å². The molecule has 0 saturated heterocycles. The Labute approximate surface area is 195 Å². The topological polar surface area (TPSA) is 59.8 Å². The fourth-order valence-electron chi connectivity index (χ4n) is 3.63. The number of hydrogen-bond acceptors (Lipinski definition) is 3. The van der Waals surface area contributed by atoms with Gasteiger partial charge in [-0.2, -0.15) is 0 Å². The number of benzene rings is 2. The minimum Gasteiger partial charge on any atom is -0.354 e. The number of imidazole rings is 1. The highest BCUT2D eigenvalue weighted by Crippen LogP contribution is 2.31. The molecule has 8 heteroatoms. The number of halogens is 3. The fourth-order valence-corrected chi connectivity index (χ4v) is 3.95. The Morgan fingerprint density at radius 2 is 1.88 bits per heavy atom. The number of carbonyl (C=O) groups excluding carboxylic acids is 1. The first-order valence-electron chi connectivity index (χ1n) is 10.2. The van der Waals surface area contributed by atoms with Crippen LogP contribution in [-0.2, 0) is 17.6 Å². The molecule has 0 fully saturated rings. The van der Waals surface area contributed by atoms with Gasteiger partial charge in [0, 0.05) is 31.3 Å². The first kappa shape index (κ1) is 22.2. The van der Waals surface area contributed by atoms with E-state index in [1.807, 2.05) is 18.2 Å². The molecule has 0 aliphatic rings. The summed E-state index contributed by atoms with van der Waals surface area (Å²) in [6.45, 7) is 2.23. The smallest absolute Gasteiger partial charge is 0.242 e. The Balaban J connectivity index is 1.63. The Bertz CT molecular complexity index is 1260. The molecule has 0 radical (unpaired) electrons. The van der Waals surface area contributed by atoms with Gasteiger partial charge < -0.3 is 9.88 Å². The molecule has 32 heavy (non-hydrogen) atoms. The van der Waals surface area contributed by atoms with Crippen LogP contribution in [0.5, 0.6) is 0 Å². The first-order chi connectivity index (χ1) is 15.4. The average molecular weight is 471 g/mol. The molecule has 0 aliphatic carbocycles. The second kappa shape index (κ2) is 9.67. The standard InChI is InChI=1S/C24H21Cl2FN4O/c1-15(24(32)29-11-9-17-7-4-5-10-28-17)31-22-14-19(26)18(25)13-21(22)30-23(31)12-16-6-2-3-8-20(16)27/h2-8,10,13-15H,9,11-12H2,1H3,(H,29,32)/t15-/m1/s1. The lowest BCUT2D eigenvalue weighted by Crippen LogP contribution is -2.33. The summed E-state index contributed by atoms with van der Waals surface area (Å²) in [6, 6.07) is 14.9. The number of aromatic nitrogens is 3. The van der Waals surface area contributed by atoms with Crippen molar-refractivity contribution in [1.82, 2.24) is 19.9 Å². The lowest BCUT2D eigenvalue weighted by molar-refractivity contribution is -0.123. The molecule has 0 unspecified atom stereocenters. The molecule has 5 nitrogen and oxygen atoms in total. The van der Waals surface area contributed by atoms with Crippen molar-refractivity contribution < 1.29 is 9.18 Å². The van der Waals surface area contributed by atoms with E-state index in [9.17, 15) is 9.18 Å². The zero-order valence-corrected chi connectivity index (χ0v) is 18.9. The van der Waals surface area contributed by atoms with Crippen LogP contribution in [0.2, 0.25) is 10.0 Å². The number of nitrogens with one attached hydrogen (secondary N) is 1. The van der Waals surface area contributed by atoms with E-state index in [4.69, 9.17) is 23.2 Å². The summed E-state index contributed by atoms with van der Waals surface area (Å²) in [6.07, 6.45) is 2.57. The molecular formula is C24H21Cl2FN4O. The third-order valence-electron chi connectivity index (χ3n) is 5.28. The van der Waals surface area contributed by atoms with Crippen molar-refractivity contribution in [1.29, 1.82) is 0 Å². The molecule has 0 saturated carbocycles. The van der Waals surface area contributed by atoms with Crippen LogP contribution in [0.1, 0.15) is 30.0 Å². The highest BCUT2D eigenvalue weighted by Gasteiger charge is 2.23. The number of pyridine rings is 1. The SMILES string of the molecule is C[C@H](C(=O)NCCc1ccccn1)n1c(Cc2ccccc2F)nc2cc(Cl)c(Cl)cc21. The second-order valence-corrected chi connectivity index (χ2v) is 8.27. The minimum absolute atomic E-state index is 0.180. The van der Waals surface area contributed by atoms with Gasteiger partial charge in [-0.1, -0.05) is 47.5 Å². The van der Waals surface area contributed by atoms with E-state index in [1.165, 1.54) is 6.07 Å². The van der Waals surface area contributed by atoms with Gasteiger partial charge in [0.2, 0.25) is 5.91 Å². The predicted octanol–water partition coefficient (Wildman–Crippen LogP) is 5.39. The number of amides is 1. The molecule has 0 bridgehead atoms. The molecular weight excluding hydrogens is 450 g/mol. The normalized spacial score (nSPS) is 12.1. The fraction of sp³-hybridized carbons (Fsp3) is 0.208. The number of rotatable bonds is 7. The van der Waals surface area contributed by atoms with Crippen molar-refractivity contribution in [3.8, 4) is 0 Å². The van der Waals surface area contributed by atoms with Crippen molar-refractivity contribution in [2.45, 2.75) is 25.8 Å². The summed E-state index contributed by atoms with van der Waals surface area (Å²) in [5.74, 6) is 0.0477. The lowest BCUT2D eigenvalue weighted by Gasteiger charge is -2.18. The van der Waals surface area contributed by atoms with E-state index in [2.05, 4.69) is 15.3 Å². The Morgan fingerprint density at radius 3 is 2.62 bits per heavy atom. The zero-order valence-electron chi connectivity index (χ0n) is 17.4. The Hall–Kier alpha value is -2.96. The van der Waals surface area contributed by atoms with Crippen LogP contribution >= 0.6 is 23.2 Å². The molecule has 2 heterocycles. The van der Waals surface area contributed by atoms with E-state index in [0.29, 0.717) is 45.4 Å². The van der Waals surface area contributed by atoms with Gasteiger partial charge in [0.15, 0.2) is 0 Å². The van der Waals surface area contributed by atoms with Crippen molar-refractivity contribution in [3.63, 3.8) is 0 Å². The monoisotopic (exact) mass is 470 g/mol. The van der Waals surface area contributed by atoms with Crippen molar-refractivity contribution in [3.05, 3.63) is 93.7 Å². The van der Waals surface area contributed by atoms with Gasteiger partial charge in [-0.25, -0.2) is 9.37 Å². The van der Waals surface area contributed by atoms with Gasteiger partial charge >= 0.3 is 0 Å². The molecule has 1 N–H and O–H groups in total. The predicted molar refractivity (Wildman–Crippen MR) is 125 cm³/mol. The van der Waals surface area contributed by atoms with E-state index in [-0.39, 0.29) is 18.1 Å². The minimum atomic E-state index is -0.595. The highest BCUT2D eigenvalue weighted by molar-refractivity contribution is 6.42. The lowest BCUT2D eigenvalue weighted by atomic mass is 10.1. The van der Waals surface area contributed by atoms with Crippen LogP contribution in [-0.4, -0.2) is 27.0 Å². The van der Waals surface area contributed by atoms with Gasteiger partial charge in [0.25, 0.3) is 0 Å². The van der Waals surface area contributed by atoms with Crippen LogP contribution in [0.3, 0.4) is 0 Å². The molecule has 0 spiro atoms. The molecule has 1 amide bonds. The van der Waals surface area contributed by atoms with Gasteiger partial charge in [-0.05, 0) is 42.8 Å². The third-order valence-corrected chi connectivity index (χ3v) is 6.01. The number of fused-ring (bicyclic) bond motifs is 1. The molecule has 0 aliphatic heterocycles. The van der Waals surface area contributed by atoms with E-state index in [0.717, 1.165) is 5.69 Å². The maximum atomic E-state index is 14.3. The van der Waals surface area contributed by atoms with E-state index >= 15 is 0 Å². The third kappa shape index (κ3) is 4.76. The number of carbonyl (C=O) groups is 1. The average Bonchev–Trinajstić information content (AvgIpc) is 3.12. The van der Waals surface area contributed by atoms with Crippen molar-refractivity contribution in [2.24, 2.45) is 0 Å². The van der Waals surface area contributed by atoms with Gasteiger partial charge in [0.1, 0.15) is 17.7 Å². The first-order valence-corrected chi connectivity index (χ1v) is 11.0. The summed E-state index contributed by atoms with van der Waals surface area (Å²) in [4.78, 5) is 21.9. The van der Waals surface area contributed by atoms with Crippen molar-refractivity contribution in [2.75, 3.05) is 6.54 Å². The largest absolute Gasteiger partial charge is 0.354 e. The summed E-state index contributed by atoms with van der Waals surface area (Å²) in [5, 5.41) is 3.68. The van der Waals surface area contributed by atoms with Crippen LogP contribution in [0.15, 0.2) is 60.8 Å². The highest BCUT2D eigenvalue weighted by atomic mass is 35.5. The van der Waals surface area contributed by atoms with E-state index < -0.39 is 6.04 Å². The molecule has 1 atom stereocenters. The Morgan fingerprint density at radius 1 is 1.12 bits per heavy atom. The second-order valence-electron chi connectivity index (χ2n) is 7.46. The summed E-state index contributed by atoms with van der Waals surface area (Å²) < 4.78 is 16.1. The van der Waals surface area contributed by atoms with Crippen LogP contribution in [0.25, 0.3) is 11.0 Å². The van der Waals surface area contributed by atoms with Crippen LogP contribution < -0.4 is 5.32 Å². The van der Waals surface area contributed by atoms with Gasteiger partial charge in [-0.15, -0.1) is 0 Å². The van der Waals surface area contributed by atoms with Crippen LogP contribution in [0, 0.1) is 5.82 Å². The van der Waals surface area contributed by atoms with Gasteiger partial charge in [-0.3, -0.25) is 9.78 Å². The summed E-state index contributed by atoms with van der Waals surface area (Å²) in [5.41, 5.74) is 2.65. The molecule has 2 aromatic heterocycles. The maximum Gasteiger partial charge on any atom is 0.242 e. The Kier molecular flexibility index (Phi) is 6.72. The molecule has 4 rings (SSSR count). The summed E-state index contributed by atoms with van der Waals surface area (Å²) in [7, 11) is 0. The molecule has 4 aromatic rings. The number of nitrogens with zero attached hydrogens (tertiary/aromatic N) is 3. The maximum absolute atomic E-state index is 14.3.